The molecule has 0 fully saturated rings. The van der Waals surface area contributed by atoms with Crippen molar-refractivity contribution < 1.29 is 4.74 Å². The van der Waals surface area contributed by atoms with E-state index in [2.05, 4.69) is 28.5 Å². The van der Waals surface area contributed by atoms with Gasteiger partial charge in [0.15, 0.2) is 0 Å². The van der Waals surface area contributed by atoms with E-state index in [1.165, 1.54) is 5.56 Å². The second-order valence-electron chi connectivity index (χ2n) is 4.96. The molecule has 3 aromatic rings. The van der Waals surface area contributed by atoms with Crippen molar-refractivity contribution in [2.45, 2.75) is 13.2 Å². The summed E-state index contributed by atoms with van der Waals surface area (Å²) in [5, 5.41) is 4.21. The minimum atomic E-state index is 0.581. The number of benzene rings is 2. The summed E-state index contributed by atoms with van der Waals surface area (Å²) in [6.45, 7) is 1.36. The molecule has 0 amide bonds. The summed E-state index contributed by atoms with van der Waals surface area (Å²) in [6, 6.07) is 20.3. The molecule has 21 heavy (non-hydrogen) atoms. The highest BCUT2D eigenvalue weighted by molar-refractivity contribution is 5.80. The highest BCUT2D eigenvalue weighted by Crippen LogP contribution is 2.21. The summed E-state index contributed by atoms with van der Waals surface area (Å²) >= 11 is 0. The molecule has 3 heteroatoms. The second-order valence-corrected chi connectivity index (χ2v) is 4.96. The van der Waals surface area contributed by atoms with E-state index in [0.29, 0.717) is 6.61 Å². The van der Waals surface area contributed by atoms with E-state index >= 15 is 0 Å². The van der Waals surface area contributed by atoms with Crippen LogP contribution in [0.1, 0.15) is 11.3 Å². The Morgan fingerprint density at radius 3 is 2.67 bits per heavy atom. The Labute approximate surface area is 124 Å². The summed E-state index contributed by atoms with van der Waals surface area (Å²) in [4.78, 5) is 4.61. The minimum absolute atomic E-state index is 0.581. The molecule has 0 saturated carbocycles. The molecule has 2 aromatic carbocycles. The molecule has 0 atom stereocenters. The van der Waals surface area contributed by atoms with Gasteiger partial charge in [-0.05, 0) is 36.9 Å². The maximum absolute atomic E-state index is 5.84. The van der Waals surface area contributed by atoms with Crippen LogP contribution >= 0.6 is 0 Å². The lowest BCUT2D eigenvalue weighted by molar-refractivity contribution is 0.306. The number of fused-ring (bicyclic) bond motifs is 1. The van der Waals surface area contributed by atoms with Gasteiger partial charge in [-0.3, -0.25) is 4.98 Å². The molecular formula is C18H18N2O. The quantitative estimate of drug-likeness (QED) is 0.775. The maximum atomic E-state index is 5.84. The van der Waals surface area contributed by atoms with Crippen molar-refractivity contribution >= 4 is 10.9 Å². The number of ether oxygens (including phenoxy) is 1. The van der Waals surface area contributed by atoms with Gasteiger partial charge in [0.2, 0.25) is 0 Å². The van der Waals surface area contributed by atoms with Gasteiger partial charge in [0.1, 0.15) is 12.4 Å². The fourth-order valence-electron chi connectivity index (χ4n) is 2.26. The van der Waals surface area contributed by atoms with Crippen LogP contribution in [0.25, 0.3) is 10.9 Å². The van der Waals surface area contributed by atoms with Gasteiger partial charge in [0, 0.05) is 11.9 Å². The average Bonchev–Trinajstić information content (AvgIpc) is 2.54. The number of hydrogen-bond acceptors (Lipinski definition) is 3. The van der Waals surface area contributed by atoms with Crippen molar-refractivity contribution in [3.8, 4) is 5.75 Å². The molecule has 0 unspecified atom stereocenters. The van der Waals surface area contributed by atoms with Gasteiger partial charge in [-0.25, -0.2) is 0 Å². The molecule has 1 aromatic heterocycles. The van der Waals surface area contributed by atoms with Crippen LogP contribution in [0, 0.1) is 0 Å². The first-order chi connectivity index (χ1) is 10.3. The van der Waals surface area contributed by atoms with Crippen LogP contribution in [0.2, 0.25) is 0 Å². The first-order valence-corrected chi connectivity index (χ1v) is 7.06. The standard InChI is InChI=1S/C18H18N2O/c1-19-12-16-8-7-15-11-17(9-10-18(15)20-16)21-13-14-5-3-2-4-6-14/h2-11,19H,12-13H2,1H3. The Morgan fingerprint density at radius 2 is 1.86 bits per heavy atom. The molecular weight excluding hydrogens is 260 g/mol. The Morgan fingerprint density at radius 1 is 1.00 bits per heavy atom. The second kappa shape index (κ2) is 6.37. The van der Waals surface area contributed by atoms with Crippen molar-refractivity contribution in [3.05, 3.63) is 71.9 Å². The predicted octanol–water partition coefficient (Wildman–Crippen LogP) is 3.53. The fourth-order valence-corrected chi connectivity index (χ4v) is 2.26. The first-order valence-electron chi connectivity index (χ1n) is 7.06. The van der Waals surface area contributed by atoms with Crippen LogP contribution in [0.4, 0.5) is 0 Å². The lowest BCUT2D eigenvalue weighted by Gasteiger charge is -2.08. The van der Waals surface area contributed by atoms with Crippen molar-refractivity contribution in [3.63, 3.8) is 0 Å². The molecule has 3 nitrogen and oxygen atoms in total. The molecule has 0 aliphatic heterocycles. The number of rotatable bonds is 5. The summed E-state index contributed by atoms with van der Waals surface area (Å²) in [6.07, 6.45) is 0. The van der Waals surface area contributed by atoms with Gasteiger partial charge >= 0.3 is 0 Å². The molecule has 0 spiro atoms. The van der Waals surface area contributed by atoms with Crippen LogP contribution in [0.15, 0.2) is 60.7 Å². The number of pyridine rings is 1. The zero-order valence-electron chi connectivity index (χ0n) is 12.0. The normalized spacial score (nSPS) is 10.7. The topological polar surface area (TPSA) is 34.1 Å². The summed E-state index contributed by atoms with van der Waals surface area (Å²) < 4.78 is 5.84. The third-order valence-corrected chi connectivity index (χ3v) is 3.32. The predicted molar refractivity (Wildman–Crippen MR) is 85.3 cm³/mol. The van der Waals surface area contributed by atoms with Gasteiger partial charge in [-0.1, -0.05) is 36.4 Å². The summed E-state index contributed by atoms with van der Waals surface area (Å²) in [7, 11) is 1.92. The zero-order chi connectivity index (χ0) is 14.5. The zero-order valence-corrected chi connectivity index (χ0v) is 12.0. The third-order valence-electron chi connectivity index (χ3n) is 3.32. The number of nitrogens with zero attached hydrogens (tertiary/aromatic N) is 1. The van der Waals surface area contributed by atoms with E-state index in [4.69, 9.17) is 4.74 Å². The molecule has 0 radical (unpaired) electrons. The third kappa shape index (κ3) is 3.38. The molecule has 3 rings (SSSR count). The molecule has 1 heterocycles. The van der Waals surface area contributed by atoms with E-state index in [9.17, 15) is 0 Å². The van der Waals surface area contributed by atoms with Gasteiger partial charge in [0.05, 0.1) is 11.2 Å². The molecule has 0 aliphatic carbocycles. The summed E-state index contributed by atoms with van der Waals surface area (Å²) in [5.74, 6) is 0.870. The van der Waals surface area contributed by atoms with Crippen LogP contribution < -0.4 is 10.1 Å². The van der Waals surface area contributed by atoms with Crippen molar-refractivity contribution in [1.29, 1.82) is 0 Å². The Hall–Kier alpha value is -2.39. The Bertz CT molecular complexity index is 726. The van der Waals surface area contributed by atoms with Crippen molar-refractivity contribution in [1.82, 2.24) is 10.3 Å². The highest BCUT2D eigenvalue weighted by atomic mass is 16.5. The van der Waals surface area contributed by atoms with Crippen LogP contribution in [-0.2, 0) is 13.2 Å². The van der Waals surface area contributed by atoms with Crippen LogP contribution in [0.5, 0.6) is 5.75 Å². The smallest absolute Gasteiger partial charge is 0.120 e. The van der Waals surface area contributed by atoms with Crippen molar-refractivity contribution in [2.75, 3.05) is 7.05 Å². The van der Waals surface area contributed by atoms with Gasteiger partial charge < -0.3 is 10.1 Å². The van der Waals surface area contributed by atoms with Crippen LogP contribution in [0.3, 0.4) is 0 Å². The largest absolute Gasteiger partial charge is 0.489 e. The van der Waals surface area contributed by atoms with Crippen molar-refractivity contribution in [2.24, 2.45) is 0 Å². The molecule has 0 bridgehead atoms. The van der Waals surface area contributed by atoms with Gasteiger partial charge in [0.25, 0.3) is 0 Å². The van der Waals surface area contributed by atoms with E-state index in [1.54, 1.807) is 0 Å². The fraction of sp³-hybridized carbons (Fsp3) is 0.167. The van der Waals surface area contributed by atoms with E-state index in [1.807, 2.05) is 49.5 Å². The molecule has 1 N–H and O–H groups in total. The molecule has 106 valence electrons. The lowest BCUT2D eigenvalue weighted by atomic mass is 10.2. The average molecular weight is 278 g/mol. The van der Waals surface area contributed by atoms with E-state index in [-0.39, 0.29) is 0 Å². The summed E-state index contributed by atoms with van der Waals surface area (Å²) in [5.41, 5.74) is 3.21. The van der Waals surface area contributed by atoms with Gasteiger partial charge in [-0.2, -0.15) is 0 Å². The van der Waals surface area contributed by atoms with E-state index < -0.39 is 0 Å². The first kappa shape index (κ1) is 13.6. The van der Waals surface area contributed by atoms with Crippen LogP contribution in [-0.4, -0.2) is 12.0 Å². The Kier molecular flexibility index (Phi) is 4.12. The van der Waals surface area contributed by atoms with E-state index in [0.717, 1.165) is 28.9 Å². The number of aromatic nitrogens is 1. The monoisotopic (exact) mass is 278 g/mol. The lowest BCUT2D eigenvalue weighted by Crippen LogP contribution is -2.06. The number of hydrogen-bond donors (Lipinski definition) is 1. The highest BCUT2D eigenvalue weighted by Gasteiger charge is 2.01. The maximum Gasteiger partial charge on any atom is 0.120 e. The number of nitrogens with one attached hydrogen (secondary N) is 1. The molecule has 0 aliphatic rings. The van der Waals surface area contributed by atoms with Gasteiger partial charge in [-0.15, -0.1) is 0 Å². The molecule has 0 saturated heterocycles. The Balaban J connectivity index is 1.76. The SMILES string of the molecule is CNCc1ccc2cc(OCc3ccccc3)ccc2n1. The minimum Gasteiger partial charge on any atom is -0.489 e.